The van der Waals surface area contributed by atoms with Gasteiger partial charge in [0.25, 0.3) is 5.91 Å². The molecule has 2 heteroatoms. The summed E-state index contributed by atoms with van der Waals surface area (Å²) in [4.78, 5) is 14.1. The number of para-hydroxylation sites is 1. The number of nitrogens with zero attached hydrogens (tertiary/aromatic N) is 1. The number of hydrogen-bond acceptors (Lipinski definition) is 1. The highest BCUT2D eigenvalue weighted by atomic mass is 16.2. The molecule has 1 aromatic rings. The van der Waals surface area contributed by atoms with Crippen LogP contribution in [0.25, 0.3) is 0 Å². The second-order valence-corrected chi connectivity index (χ2v) is 4.31. The Morgan fingerprint density at radius 3 is 2.56 bits per heavy atom. The number of carbonyl (C=O) groups excluding carboxylic acids is 1. The quantitative estimate of drug-likeness (QED) is 0.739. The highest BCUT2D eigenvalue weighted by Crippen LogP contribution is 2.25. The van der Waals surface area contributed by atoms with Crippen molar-refractivity contribution in [2.24, 2.45) is 0 Å². The van der Waals surface area contributed by atoms with Gasteiger partial charge in [0.15, 0.2) is 0 Å². The van der Waals surface area contributed by atoms with Crippen molar-refractivity contribution in [2.75, 3.05) is 11.4 Å². The predicted molar refractivity (Wildman–Crippen MR) is 75.4 cm³/mol. The van der Waals surface area contributed by atoms with E-state index in [-0.39, 0.29) is 5.91 Å². The first-order chi connectivity index (χ1) is 8.74. The van der Waals surface area contributed by atoms with E-state index in [1.54, 1.807) is 0 Å². The van der Waals surface area contributed by atoms with E-state index in [0.29, 0.717) is 6.54 Å². The summed E-state index contributed by atoms with van der Waals surface area (Å²) in [5.41, 5.74) is 2.87. The third-order valence-electron chi connectivity index (χ3n) is 2.96. The van der Waals surface area contributed by atoms with E-state index in [1.807, 2.05) is 73.4 Å². The second-order valence-electron chi connectivity index (χ2n) is 4.31. The molecular weight excluding hydrogens is 222 g/mol. The fourth-order valence-electron chi connectivity index (χ4n) is 2.02. The minimum Gasteiger partial charge on any atom is -0.304 e. The van der Waals surface area contributed by atoms with Crippen molar-refractivity contribution in [3.05, 3.63) is 65.8 Å². The van der Waals surface area contributed by atoms with Crippen LogP contribution in [-0.4, -0.2) is 12.5 Å². The predicted octanol–water partition coefficient (Wildman–Crippen LogP) is 3.48. The van der Waals surface area contributed by atoms with Crippen LogP contribution in [0.3, 0.4) is 0 Å². The van der Waals surface area contributed by atoms with Crippen LogP contribution in [-0.2, 0) is 4.79 Å². The van der Waals surface area contributed by atoms with Crippen LogP contribution in [0, 0.1) is 0 Å². The van der Waals surface area contributed by atoms with Crippen LogP contribution in [0.4, 0.5) is 5.69 Å². The van der Waals surface area contributed by atoms with Gasteiger partial charge >= 0.3 is 0 Å². The Balaban J connectivity index is 2.22. The lowest BCUT2D eigenvalue weighted by Crippen LogP contribution is -2.26. The molecule has 0 fully saturated rings. The normalized spacial score (nSPS) is 16.6. The Morgan fingerprint density at radius 1 is 1.17 bits per heavy atom. The minimum atomic E-state index is 0.0828. The Hall–Kier alpha value is -2.09. The van der Waals surface area contributed by atoms with Crippen molar-refractivity contribution in [1.29, 1.82) is 0 Å². The van der Waals surface area contributed by atoms with Crippen molar-refractivity contribution in [3.63, 3.8) is 0 Å². The van der Waals surface area contributed by atoms with Crippen LogP contribution in [0.2, 0.25) is 0 Å². The molecule has 2 nitrogen and oxygen atoms in total. The number of allylic oxidation sites excluding steroid dienone is 3. The minimum absolute atomic E-state index is 0.0828. The summed E-state index contributed by atoms with van der Waals surface area (Å²) in [6.07, 6.45) is 7.67. The van der Waals surface area contributed by atoms with Crippen molar-refractivity contribution < 1.29 is 4.79 Å². The van der Waals surface area contributed by atoms with Crippen LogP contribution in [0.15, 0.2) is 65.8 Å². The highest BCUT2D eigenvalue weighted by Gasteiger charge is 2.26. The molecular formula is C16H17NO. The maximum Gasteiger partial charge on any atom is 0.258 e. The summed E-state index contributed by atoms with van der Waals surface area (Å²) in [6.45, 7) is 4.65. The SMILES string of the molecule is C/C=C\C=C/C1=C(C)CN(c2ccccc2)C1=O. The first kappa shape index (κ1) is 12.4. The molecule has 1 amide bonds. The Morgan fingerprint density at radius 2 is 1.89 bits per heavy atom. The highest BCUT2D eigenvalue weighted by molar-refractivity contribution is 6.11. The zero-order valence-corrected chi connectivity index (χ0v) is 10.8. The summed E-state index contributed by atoms with van der Waals surface area (Å²) in [7, 11) is 0. The molecule has 1 heterocycles. The molecule has 0 atom stereocenters. The number of benzene rings is 1. The molecule has 0 unspecified atom stereocenters. The molecule has 0 saturated carbocycles. The zero-order valence-electron chi connectivity index (χ0n) is 10.8. The van der Waals surface area contributed by atoms with Gasteiger partial charge < -0.3 is 4.90 Å². The molecule has 0 saturated heterocycles. The van der Waals surface area contributed by atoms with Crippen molar-refractivity contribution >= 4 is 11.6 Å². The Kier molecular flexibility index (Phi) is 3.78. The van der Waals surface area contributed by atoms with Gasteiger partial charge in [0.1, 0.15) is 0 Å². The lowest BCUT2D eigenvalue weighted by molar-refractivity contribution is -0.114. The number of hydrogen-bond donors (Lipinski definition) is 0. The van der Waals surface area contributed by atoms with Crippen molar-refractivity contribution in [3.8, 4) is 0 Å². The largest absolute Gasteiger partial charge is 0.304 e. The van der Waals surface area contributed by atoms with Gasteiger partial charge in [-0.05, 0) is 37.6 Å². The molecule has 18 heavy (non-hydrogen) atoms. The average molecular weight is 239 g/mol. The van der Waals surface area contributed by atoms with Crippen molar-refractivity contribution in [2.45, 2.75) is 13.8 Å². The van der Waals surface area contributed by atoms with E-state index in [1.165, 1.54) is 0 Å². The molecule has 0 N–H and O–H groups in total. The van der Waals surface area contributed by atoms with E-state index in [4.69, 9.17) is 0 Å². The smallest absolute Gasteiger partial charge is 0.258 e. The summed E-state index contributed by atoms with van der Waals surface area (Å²) in [6, 6.07) is 9.78. The van der Waals surface area contributed by atoms with Crippen molar-refractivity contribution in [1.82, 2.24) is 0 Å². The maximum absolute atomic E-state index is 12.3. The average Bonchev–Trinajstić information content (AvgIpc) is 2.68. The fourth-order valence-corrected chi connectivity index (χ4v) is 2.02. The van der Waals surface area contributed by atoms with E-state index in [2.05, 4.69) is 0 Å². The van der Waals surface area contributed by atoms with E-state index in [0.717, 1.165) is 16.8 Å². The molecule has 0 radical (unpaired) electrons. The third kappa shape index (κ3) is 2.43. The maximum atomic E-state index is 12.3. The van der Waals surface area contributed by atoms with Crippen LogP contribution >= 0.6 is 0 Å². The summed E-state index contributed by atoms with van der Waals surface area (Å²) in [5, 5.41) is 0. The molecule has 1 aliphatic heterocycles. The lowest BCUT2D eigenvalue weighted by atomic mass is 10.1. The monoisotopic (exact) mass is 239 g/mol. The zero-order chi connectivity index (χ0) is 13.0. The van der Waals surface area contributed by atoms with Crippen LogP contribution in [0.1, 0.15) is 13.8 Å². The Bertz CT molecular complexity index is 523. The molecule has 0 aromatic heterocycles. The van der Waals surface area contributed by atoms with E-state index in [9.17, 15) is 4.79 Å². The first-order valence-corrected chi connectivity index (χ1v) is 6.10. The molecule has 92 valence electrons. The van der Waals surface area contributed by atoms with Gasteiger partial charge in [0, 0.05) is 17.8 Å². The summed E-state index contributed by atoms with van der Waals surface area (Å²) >= 11 is 0. The first-order valence-electron chi connectivity index (χ1n) is 6.10. The van der Waals surface area contributed by atoms with Crippen LogP contribution < -0.4 is 4.90 Å². The standard InChI is InChI=1S/C16H17NO/c1-3-4-6-11-15-13(2)12-17(16(15)18)14-9-7-5-8-10-14/h3-11H,12H2,1-2H3/b4-3-,11-6-. The van der Waals surface area contributed by atoms with Gasteiger partial charge in [0.2, 0.25) is 0 Å². The molecule has 0 aliphatic carbocycles. The second kappa shape index (κ2) is 5.50. The lowest BCUT2D eigenvalue weighted by Gasteiger charge is -2.16. The molecule has 2 rings (SSSR count). The topological polar surface area (TPSA) is 20.3 Å². The summed E-state index contributed by atoms with van der Waals surface area (Å²) in [5.74, 6) is 0.0828. The van der Waals surface area contributed by atoms with Gasteiger partial charge in [-0.2, -0.15) is 0 Å². The van der Waals surface area contributed by atoms with Gasteiger partial charge in [-0.1, -0.05) is 36.4 Å². The van der Waals surface area contributed by atoms with Gasteiger partial charge in [-0.25, -0.2) is 0 Å². The number of anilines is 1. The number of rotatable bonds is 3. The fraction of sp³-hybridized carbons (Fsp3) is 0.188. The molecule has 0 bridgehead atoms. The molecule has 1 aliphatic rings. The number of carbonyl (C=O) groups is 1. The number of amides is 1. The van der Waals surface area contributed by atoms with Gasteiger partial charge in [-0.3, -0.25) is 4.79 Å². The summed E-state index contributed by atoms with van der Waals surface area (Å²) < 4.78 is 0. The van der Waals surface area contributed by atoms with E-state index >= 15 is 0 Å². The molecule has 1 aromatic carbocycles. The van der Waals surface area contributed by atoms with Gasteiger partial charge in [-0.15, -0.1) is 0 Å². The Labute approximate surface area is 108 Å². The third-order valence-corrected chi connectivity index (χ3v) is 2.96. The van der Waals surface area contributed by atoms with Gasteiger partial charge in [0.05, 0.1) is 0 Å². The van der Waals surface area contributed by atoms with Crippen LogP contribution in [0.5, 0.6) is 0 Å². The molecule has 0 spiro atoms. The van der Waals surface area contributed by atoms with E-state index < -0.39 is 0 Å².